The Morgan fingerprint density at radius 3 is 2.46 bits per heavy atom. The SMILES string of the molecule is C=C(O)[C@@H](Br)Cc1ccc(F)cc1. The predicted molar refractivity (Wildman–Crippen MR) is 54.6 cm³/mol. The van der Waals surface area contributed by atoms with Crippen LogP contribution in [0.5, 0.6) is 0 Å². The summed E-state index contributed by atoms with van der Waals surface area (Å²) >= 11 is 3.25. The van der Waals surface area contributed by atoms with E-state index in [0.29, 0.717) is 6.42 Å². The molecule has 3 heteroatoms. The molecule has 1 nitrogen and oxygen atoms in total. The maximum Gasteiger partial charge on any atom is 0.123 e. The van der Waals surface area contributed by atoms with E-state index in [1.54, 1.807) is 12.1 Å². The largest absolute Gasteiger partial charge is 0.512 e. The number of aliphatic hydroxyl groups is 1. The van der Waals surface area contributed by atoms with Gasteiger partial charge in [-0.05, 0) is 24.1 Å². The molecule has 0 unspecified atom stereocenters. The van der Waals surface area contributed by atoms with E-state index in [1.165, 1.54) is 12.1 Å². The Hall–Kier alpha value is -0.830. The van der Waals surface area contributed by atoms with E-state index in [2.05, 4.69) is 22.5 Å². The van der Waals surface area contributed by atoms with Crippen molar-refractivity contribution < 1.29 is 9.50 Å². The maximum atomic E-state index is 12.5. The minimum Gasteiger partial charge on any atom is -0.512 e. The summed E-state index contributed by atoms with van der Waals surface area (Å²) in [6.45, 7) is 3.40. The fraction of sp³-hybridized carbons (Fsp3) is 0.200. The zero-order chi connectivity index (χ0) is 9.84. The molecule has 1 aromatic rings. The standard InChI is InChI=1S/C10H10BrFO/c1-7(13)10(11)6-8-2-4-9(12)5-3-8/h2-5,10,13H,1,6H2/t10-/m0/s1. The van der Waals surface area contributed by atoms with Gasteiger partial charge in [0.15, 0.2) is 0 Å². The molecule has 0 spiro atoms. The molecule has 1 N–H and O–H groups in total. The summed E-state index contributed by atoms with van der Waals surface area (Å²) in [5, 5.41) is 9.02. The molecule has 1 rings (SSSR count). The van der Waals surface area contributed by atoms with Gasteiger partial charge in [-0.1, -0.05) is 34.6 Å². The topological polar surface area (TPSA) is 20.2 Å². The summed E-state index contributed by atoms with van der Waals surface area (Å²) in [5.74, 6) is -0.165. The van der Waals surface area contributed by atoms with Crippen LogP contribution in [0.4, 0.5) is 4.39 Å². The summed E-state index contributed by atoms with van der Waals surface area (Å²) in [4.78, 5) is -0.169. The second-order valence-electron chi connectivity index (χ2n) is 2.79. The molecule has 0 fully saturated rings. The van der Waals surface area contributed by atoms with Crippen molar-refractivity contribution in [2.24, 2.45) is 0 Å². The smallest absolute Gasteiger partial charge is 0.123 e. The van der Waals surface area contributed by atoms with E-state index < -0.39 is 0 Å². The van der Waals surface area contributed by atoms with Gasteiger partial charge in [0, 0.05) is 0 Å². The Kier molecular flexibility index (Phi) is 3.48. The molecule has 0 aliphatic rings. The zero-order valence-corrected chi connectivity index (χ0v) is 8.59. The molecule has 0 aliphatic carbocycles. The van der Waals surface area contributed by atoms with E-state index in [9.17, 15) is 4.39 Å². The molecular formula is C10H10BrFO. The number of hydrogen-bond donors (Lipinski definition) is 1. The van der Waals surface area contributed by atoms with Crippen molar-refractivity contribution in [3.63, 3.8) is 0 Å². The van der Waals surface area contributed by atoms with Crippen LogP contribution in [0.3, 0.4) is 0 Å². The number of rotatable bonds is 3. The number of allylic oxidation sites excluding steroid dienone is 1. The van der Waals surface area contributed by atoms with E-state index in [0.717, 1.165) is 5.56 Å². The van der Waals surface area contributed by atoms with Gasteiger partial charge in [0.1, 0.15) is 5.82 Å². The fourth-order valence-electron chi connectivity index (χ4n) is 0.945. The Bertz CT molecular complexity index is 294. The number of aliphatic hydroxyl groups excluding tert-OH is 1. The van der Waals surface area contributed by atoms with Crippen molar-refractivity contribution in [1.82, 2.24) is 0 Å². The minimum absolute atomic E-state index is 0.0873. The fourth-order valence-corrected chi connectivity index (χ4v) is 1.32. The maximum absolute atomic E-state index is 12.5. The highest BCUT2D eigenvalue weighted by Crippen LogP contribution is 2.15. The lowest BCUT2D eigenvalue weighted by Gasteiger charge is -2.07. The van der Waals surface area contributed by atoms with Gasteiger partial charge in [-0.25, -0.2) is 4.39 Å². The van der Waals surface area contributed by atoms with Crippen LogP contribution >= 0.6 is 15.9 Å². The third-order valence-corrected chi connectivity index (χ3v) is 2.54. The molecule has 0 radical (unpaired) electrons. The molecule has 0 saturated heterocycles. The van der Waals surface area contributed by atoms with E-state index in [-0.39, 0.29) is 16.4 Å². The van der Waals surface area contributed by atoms with E-state index >= 15 is 0 Å². The highest BCUT2D eigenvalue weighted by atomic mass is 79.9. The highest BCUT2D eigenvalue weighted by Gasteiger charge is 2.07. The molecular weight excluding hydrogens is 235 g/mol. The van der Waals surface area contributed by atoms with Crippen molar-refractivity contribution in [3.05, 3.63) is 48.0 Å². The van der Waals surface area contributed by atoms with E-state index in [1.807, 2.05) is 0 Å². The average molecular weight is 245 g/mol. The lowest BCUT2D eigenvalue weighted by atomic mass is 10.1. The summed E-state index contributed by atoms with van der Waals surface area (Å²) in [6, 6.07) is 6.17. The second kappa shape index (κ2) is 4.42. The Morgan fingerprint density at radius 1 is 1.46 bits per heavy atom. The van der Waals surface area contributed by atoms with Crippen LogP contribution in [0.1, 0.15) is 5.56 Å². The first-order valence-electron chi connectivity index (χ1n) is 3.86. The van der Waals surface area contributed by atoms with Gasteiger partial charge in [0.05, 0.1) is 10.6 Å². The molecule has 0 saturated carbocycles. The van der Waals surface area contributed by atoms with Crippen LogP contribution in [0.2, 0.25) is 0 Å². The lowest BCUT2D eigenvalue weighted by Crippen LogP contribution is -2.04. The van der Waals surface area contributed by atoms with Crippen molar-refractivity contribution in [2.75, 3.05) is 0 Å². The van der Waals surface area contributed by atoms with Crippen LogP contribution in [0.25, 0.3) is 0 Å². The third kappa shape index (κ3) is 3.19. The first-order valence-corrected chi connectivity index (χ1v) is 4.77. The monoisotopic (exact) mass is 244 g/mol. The van der Waals surface area contributed by atoms with Gasteiger partial charge in [0.25, 0.3) is 0 Å². The van der Waals surface area contributed by atoms with Gasteiger partial charge in [0.2, 0.25) is 0 Å². The average Bonchev–Trinajstić information content (AvgIpc) is 2.08. The first-order chi connectivity index (χ1) is 6.09. The number of alkyl halides is 1. The molecule has 1 atom stereocenters. The molecule has 0 amide bonds. The van der Waals surface area contributed by atoms with Crippen molar-refractivity contribution in [3.8, 4) is 0 Å². The van der Waals surface area contributed by atoms with Crippen LogP contribution < -0.4 is 0 Å². The van der Waals surface area contributed by atoms with Gasteiger partial charge < -0.3 is 5.11 Å². The number of halogens is 2. The van der Waals surface area contributed by atoms with Crippen LogP contribution in [-0.4, -0.2) is 9.93 Å². The van der Waals surface area contributed by atoms with Crippen molar-refractivity contribution in [2.45, 2.75) is 11.2 Å². The molecule has 70 valence electrons. The molecule has 0 bridgehead atoms. The molecule has 13 heavy (non-hydrogen) atoms. The van der Waals surface area contributed by atoms with Gasteiger partial charge >= 0.3 is 0 Å². The van der Waals surface area contributed by atoms with Crippen LogP contribution in [0, 0.1) is 5.82 Å². The summed E-state index contributed by atoms with van der Waals surface area (Å²) < 4.78 is 12.5. The summed E-state index contributed by atoms with van der Waals surface area (Å²) in [5.41, 5.74) is 0.957. The summed E-state index contributed by atoms with van der Waals surface area (Å²) in [6.07, 6.45) is 0.607. The van der Waals surface area contributed by atoms with Crippen molar-refractivity contribution in [1.29, 1.82) is 0 Å². The van der Waals surface area contributed by atoms with Gasteiger partial charge in [-0.3, -0.25) is 0 Å². The minimum atomic E-state index is -0.252. The first kappa shape index (κ1) is 10.3. The zero-order valence-electron chi connectivity index (χ0n) is 7.00. The van der Waals surface area contributed by atoms with Crippen LogP contribution in [0.15, 0.2) is 36.6 Å². The van der Waals surface area contributed by atoms with E-state index in [4.69, 9.17) is 5.11 Å². The molecule has 0 aromatic heterocycles. The van der Waals surface area contributed by atoms with Gasteiger partial charge in [-0.2, -0.15) is 0 Å². The number of hydrogen-bond acceptors (Lipinski definition) is 1. The molecule has 1 aromatic carbocycles. The lowest BCUT2D eigenvalue weighted by molar-refractivity contribution is 0.397. The highest BCUT2D eigenvalue weighted by molar-refractivity contribution is 9.09. The predicted octanol–water partition coefficient (Wildman–Crippen LogP) is 3.20. The third-order valence-electron chi connectivity index (χ3n) is 1.69. The summed E-state index contributed by atoms with van der Waals surface area (Å²) in [7, 11) is 0. The Labute approximate surface area is 85.0 Å². The molecule has 0 aliphatic heterocycles. The second-order valence-corrected chi connectivity index (χ2v) is 3.89. The normalized spacial score (nSPS) is 12.5. The van der Waals surface area contributed by atoms with Crippen LogP contribution in [-0.2, 0) is 6.42 Å². The van der Waals surface area contributed by atoms with Crippen molar-refractivity contribution >= 4 is 15.9 Å². The quantitative estimate of drug-likeness (QED) is 0.640. The number of benzene rings is 1. The molecule has 0 heterocycles. The van der Waals surface area contributed by atoms with Gasteiger partial charge in [-0.15, -0.1) is 0 Å². The Morgan fingerprint density at radius 2 is 2.00 bits per heavy atom. The Balaban J connectivity index is 2.64.